The normalized spacial score (nSPS) is 19.6. The highest BCUT2D eigenvalue weighted by Crippen LogP contribution is 2.37. The minimum Gasteiger partial charge on any atom is -0.488 e. The summed E-state index contributed by atoms with van der Waals surface area (Å²) in [5, 5.41) is 0. The highest BCUT2D eigenvalue weighted by Gasteiger charge is 2.41. The molecule has 0 aliphatic carbocycles. The van der Waals surface area contributed by atoms with Gasteiger partial charge in [0, 0.05) is 45.2 Å². The Morgan fingerprint density at radius 1 is 0.909 bits per heavy atom. The Labute approximate surface area is 263 Å². The molecule has 242 valence electrons. The van der Waals surface area contributed by atoms with Gasteiger partial charge < -0.3 is 19.3 Å². The highest BCUT2D eigenvalue weighted by molar-refractivity contribution is 5.77. The predicted molar refractivity (Wildman–Crippen MR) is 172 cm³/mol. The van der Waals surface area contributed by atoms with Crippen LogP contribution in [0.4, 0.5) is 9.18 Å². The Balaban J connectivity index is 1.48. The van der Waals surface area contributed by atoms with Gasteiger partial charge in [-0.15, -0.1) is 0 Å². The molecule has 2 fully saturated rings. The molecular weight excluding hydrogens is 557 g/mol. The van der Waals surface area contributed by atoms with Gasteiger partial charge >= 0.3 is 6.09 Å². The molecule has 2 unspecified atom stereocenters. The zero-order chi connectivity index (χ0) is 32.2. The van der Waals surface area contributed by atoms with Crippen LogP contribution in [0.15, 0.2) is 48.5 Å². The van der Waals surface area contributed by atoms with E-state index in [1.807, 2.05) is 58.9 Å². The summed E-state index contributed by atoms with van der Waals surface area (Å²) in [7, 11) is 0. The van der Waals surface area contributed by atoms with Crippen LogP contribution in [0.5, 0.6) is 5.75 Å². The van der Waals surface area contributed by atoms with Crippen molar-refractivity contribution >= 4 is 12.0 Å². The maximum absolute atomic E-state index is 15.2. The molecule has 4 rings (SSSR count). The average Bonchev–Trinajstić information content (AvgIpc) is 2.94. The lowest BCUT2D eigenvalue weighted by atomic mass is 9.82. The molecule has 0 radical (unpaired) electrons. The van der Waals surface area contributed by atoms with E-state index < -0.39 is 5.60 Å². The summed E-state index contributed by atoms with van der Waals surface area (Å²) < 4.78 is 26.4. The van der Waals surface area contributed by atoms with Gasteiger partial charge in [0.15, 0.2) is 11.6 Å². The first kappa shape index (κ1) is 33.8. The third-order valence-corrected chi connectivity index (χ3v) is 8.58. The summed E-state index contributed by atoms with van der Waals surface area (Å²) in [5.74, 6) is 0.316. The maximum Gasteiger partial charge on any atom is 0.410 e. The first-order chi connectivity index (χ1) is 20.6. The molecule has 0 saturated carbocycles. The number of rotatable bonds is 7. The molecule has 7 nitrogen and oxygen atoms in total. The Morgan fingerprint density at radius 2 is 1.57 bits per heavy atom. The molecule has 2 atom stereocenters. The van der Waals surface area contributed by atoms with Crippen LogP contribution in [0.1, 0.15) is 91.8 Å². The molecule has 0 aromatic heterocycles. The summed E-state index contributed by atoms with van der Waals surface area (Å²) in [6, 6.07) is 15.3. The Hall–Kier alpha value is -3.13. The third kappa shape index (κ3) is 8.74. The molecule has 2 aromatic rings. The van der Waals surface area contributed by atoms with Crippen molar-refractivity contribution in [1.82, 2.24) is 14.7 Å². The van der Waals surface area contributed by atoms with Crippen LogP contribution in [-0.2, 0) is 9.53 Å². The minimum atomic E-state index is -0.521. The van der Waals surface area contributed by atoms with Crippen LogP contribution in [-0.4, -0.2) is 77.2 Å². The molecule has 0 spiro atoms. The van der Waals surface area contributed by atoms with Gasteiger partial charge in [-0.2, -0.15) is 0 Å². The van der Waals surface area contributed by atoms with Crippen molar-refractivity contribution in [2.24, 2.45) is 11.3 Å². The van der Waals surface area contributed by atoms with Gasteiger partial charge in [-0.1, -0.05) is 57.2 Å². The van der Waals surface area contributed by atoms with Gasteiger partial charge in [0.2, 0.25) is 5.91 Å². The number of ether oxygens (including phenoxy) is 2. The number of carbonyl (C=O) groups excluding carboxylic acids is 2. The summed E-state index contributed by atoms with van der Waals surface area (Å²) >= 11 is 0. The molecular formula is C36H52FN3O4. The fourth-order valence-electron chi connectivity index (χ4n) is 6.37. The van der Waals surface area contributed by atoms with Gasteiger partial charge in [0.1, 0.15) is 5.60 Å². The van der Waals surface area contributed by atoms with E-state index in [2.05, 4.69) is 42.7 Å². The van der Waals surface area contributed by atoms with Crippen molar-refractivity contribution in [2.75, 3.05) is 32.7 Å². The average molecular weight is 610 g/mol. The lowest BCUT2D eigenvalue weighted by molar-refractivity contribution is -0.141. The van der Waals surface area contributed by atoms with Gasteiger partial charge in [0.25, 0.3) is 0 Å². The summed E-state index contributed by atoms with van der Waals surface area (Å²) in [6.45, 7) is 19.2. The SMILES string of the molecule is CC(C)Oc1ccc(C(c2ccccc2)N2CCN(C(=O)CC3CCN(C(=O)OC(C)(C)C)CC3)C(C(C)(C)C)C2)cc1F. The first-order valence-corrected chi connectivity index (χ1v) is 16.1. The smallest absolute Gasteiger partial charge is 0.410 e. The van der Waals surface area contributed by atoms with Gasteiger partial charge in [-0.25, -0.2) is 9.18 Å². The third-order valence-electron chi connectivity index (χ3n) is 8.58. The number of likely N-dealkylation sites (tertiary alicyclic amines) is 1. The molecule has 0 N–H and O–H groups in total. The van der Waals surface area contributed by atoms with E-state index >= 15 is 4.39 Å². The molecule has 2 heterocycles. The number of benzene rings is 2. The summed E-state index contributed by atoms with van der Waals surface area (Å²) in [5.41, 5.74) is 1.28. The lowest BCUT2D eigenvalue weighted by Crippen LogP contribution is -2.60. The van der Waals surface area contributed by atoms with E-state index in [1.54, 1.807) is 17.0 Å². The maximum atomic E-state index is 15.2. The number of halogens is 1. The van der Waals surface area contributed by atoms with Crippen LogP contribution >= 0.6 is 0 Å². The van der Waals surface area contributed by atoms with E-state index in [4.69, 9.17) is 9.47 Å². The standard InChI is InChI=1S/C36H52FN3O4/c1-25(2)43-30-15-14-28(23-29(30)37)33(27-12-10-9-11-13-27)39-20-21-40(31(24-39)35(3,4)5)32(41)22-26-16-18-38(19-17-26)34(42)44-36(6,7)8/h9-15,23,25-26,31,33H,16-22,24H2,1-8H3. The van der Waals surface area contributed by atoms with Crippen molar-refractivity contribution in [2.45, 2.75) is 98.4 Å². The fourth-order valence-corrected chi connectivity index (χ4v) is 6.37. The van der Waals surface area contributed by atoms with Crippen LogP contribution < -0.4 is 4.74 Å². The van der Waals surface area contributed by atoms with Crippen molar-refractivity contribution in [3.05, 3.63) is 65.5 Å². The quantitative estimate of drug-likeness (QED) is 0.330. The second-order valence-electron chi connectivity index (χ2n) is 14.7. The Kier molecular flexibility index (Phi) is 10.7. The molecule has 2 aliphatic rings. The molecule has 8 heteroatoms. The monoisotopic (exact) mass is 609 g/mol. The first-order valence-electron chi connectivity index (χ1n) is 16.1. The molecule has 2 aromatic carbocycles. The number of amides is 2. The number of piperidine rings is 1. The zero-order valence-electron chi connectivity index (χ0n) is 27.9. The summed E-state index contributed by atoms with van der Waals surface area (Å²) in [6.07, 6.45) is 1.68. The highest BCUT2D eigenvalue weighted by atomic mass is 19.1. The lowest BCUT2D eigenvalue weighted by Gasteiger charge is -2.50. The molecule has 0 bridgehead atoms. The second kappa shape index (κ2) is 13.9. The van der Waals surface area contributed by atoms with Crippen LogP contribution in [0.2, 0.25) is 0 Å². The number of nitrogens with zero attached hydrogens (tertiary/aromatic N) is 3. The van der Waals surface area contributed by atoms with Crippen LogP contribution in [0.3, 0.4) is 0 Å². The number of hydrogen-bond acceptors (Lipinski definition) is 5. The molecule has 44 heavy (non-hydrogen) atoms. The molecule has 2 aliphatic heterocycles. The fraction of sp³-hybridized carbons (Fsp3) is 0.611. The Morgan fingerprint density at radius 3 is 2.14 bits per heavy atom. The van der Waals surface area contributed by atoms with Gasteiger partial charge in [-0.05, 0) is 82.1 Å². The number of piperazine rings is 1. The van der Waals surface area contributed by atoms with Crippen molar-refractivity contribution < 1.29 is 23.5 Å². The molecule has 2 saturated heterocycles. The van der Waals surface area contributed by atoms with E-state index in [0.29, 0.717) is 39.1 Å². The van der Waals surface area contributed by atoms with E-state index in [0.717, 1.165) is 24.0 Å². The second-order valence-corrected chi connectivity index (χ2v) is 14.7. The number of hydrogen-bond donors (Lipinski definition) is 0. The van der Waals surface area contributed by atoms with E-state index in [9.17, 15) is 9.59 Å². The van der Waals surface area contributed by atoms with E-state index in [1.165, 1.54) is 0 Å². The van der Waals surface area contributed by atoms with Gasteiger partial charge in [0.05, 0.1) is 12.1 Å². The summed E-state index contributed by atoms with van der Waals surface area (Å²) in [4.78, 5) is 32.6. The van der Waals surface area contributed by atoms with Crippen LogP contribution in [0, 0.1) is 17.2 Å². The predicted octanol–water partition coefficient (Wildman–Crippen LogP) is 7.30. The van der Waals surface area contributed by atoms with Crippen molar-refractivity contribution in [3.8, 4) is 5.75 Å². The minimum absolute atomic E-state index is 0.00907. The largest absolute Gasteiger partial charge is 0.488 e. The number of carbonyl (C=O) groups is 2. The topological polar surface area (TPSA) is 62.3 Å². The van der Waals surface area contributed by atoms with Crippen molar-refractivity contribution in [3.63, 3.8) is 0 Å². The molecule has 2 amide bonds. The van der Waals surface area contributed by atoms with Crippen LogP contribution in [0.25, 0.3) is 0 Å². The van der Waals surface area contributed by atoms with E-state index in [-0.39, 0.29) is 53.1 Å². The zero-order valence-corrected chi connectivity index (χ0v) is 27.9. The van der Waals surface area contributed by atoms with Gasteiger partial charge in [-0.3, -0.25) is 9.69 Å². The van der Waals surface area contributed by atoms with Crippen molar-refractivity contribution in [1.29, 1.82) is 0 Å². The Bertz CT molecular complexity index is 1260.